The normalized spacial score (nSPS) is 20.6. The molecule has 13 heteroatoms. The minimum Gasteiger partial charge on any atom is -0.486 e. The van der Waals surface area contributed by atoms with Crippen LogP contribution in [0, 0.1) is 12.8 Å². The van der Waals surface area contributed by atoms with Crippen LogP contribution in [0.15, 0.2) is 67.4 Å². The van der Waals surface area contributed by atoms with Gasteiger partial charge in [0, 0.05) is 61.7 Å². The summed E-state index contributed by atoms with van der Waals surface area (Å²) in [6.07, 6.45) is 12.0. The molecule has 3 aliphatic rings. The van der Waals surface area contributed by atoms with Crippen LogP contribution in [-0.4, -0.2) is 85.7 Å². The fourth-order valence-electron chi connectivity index (χ4n) is 6.36. The lowest BCUT2D eigenvalue weighted by Crippen LogP contribution is -2.36. The summed E-state index contributed by atoms with van der Waals surface area (Å²) >= 11 is 0. The van der Waals surface area contributed by atoms with Crippen molar-refractivity contribution >= 4 is 39.9 Å². The number of ether oxygens (including phenoxy) is 2. The number of benzene rings is 1. The van der Waals surface area contributed by atoms with Gasteiger partial charge in [-0.05, 0) is 69.6 Å². The molecule has 2 N–H and O–H groups in total. The Kier molecular flexibility index (Phi) is 7.52. The van der Waals surface area contributed by atoms with Crippen LogP contribution in [-0.2, 0) is 4.79 Å². The molecule has 1 saturated heterocycles. The van der Waals surface area contributed by atoms with Gasteiger partial charge in [0.1, 0.15) is 35.8 Å². The van der Waals surface area contributed by atoms with Crippen molar-refractivity contribution in [1.82, 2.24) is 39.8 Å². The second kappa shape index (κ2) is 12.1. The first-order chi connectivity index (χ1) is 23.0. The van der Waals surface area contributed by atoms with Crippen molar-refractivity contribution in [3.63, 3.8) is 0 Å². The SMILES string of the molecule is Cc1cc(Nc2ncnc3cc4c(nc23)N(CCNC(=O)/C=C/[C@@H]2CCCN2C)C[C@@H]2CC2O4)ccc1Oc1ccn2ncnc2c1. The number of amides is 1. The third-order valence-corrected chi connectivity index (χ3v) is 9.09. The Hall–Kier alpha value is -5.30. The number of carbonyl (C=O) groups excluding carboxylic acids is 1. The summed E-state index contributed by atoms with van der Waals surface area (Å²) in [5, 5.41) is 10.6. The van der Waals surface area contributed by atoms with Gasteiger partial charge >= 0.3 is 0 Å². The summed E-state index contributed by atoms with van der Waals surface area (Å²) in [5.74, 6) is 3.82. The summed E-state index contributed by atoms with van der Waals surface area (Å²) in [6.45, 7) is 4.99. The first-order valence-electron chi connectivity index (χ1n) is 16.1. The Morgan fingerprint density at radius 3 is 2.96 bits per heavy atom. The molecule has 2 aliphatic heterocycles. The van der Waals surface area contributed by atoms with Gasteiger partial charge < -0.3 is 25.0 Å². The highest BCUT2D eigenvalue weighted by Gasteiger charge is 2.44. The lowest BCUT2D eigenvalue weighted by molar-refractivity contribution is -0.116. The molecule has 1 aromatic carbocycles. The third kappa shape index (κ3) is 6.13. The summed E-state index contributed by atoms with van der Waals surface area (Å²) in [5.41, 5.74) is 3.83. The van der Waals surface area contributed by atoms with Crippen molar-refractivity contribution in [1.29, 1.82) is 0 Å². The average Bonchev–Trinajstić information content (AvgIpc) is 3.42. The Bertz CT molecular complexity index is 1990. The van der Waals surface area contributed by atoms with Crippen LogP contribution >= 0.6 is 0 Å². The number of nitrogens with zero attached hydrogens (tertiary/aromatic N) is 8. The molecule has 47 heavy (non-hydrogen) atoms. The number of aryl methyl sites for hydroxylation is 1. The van der Waals surface area contributed by atoms with Gasteiger partial charge in [0.2, 0.25) is 5.91 Å². The van der Waals surface area contributed by atoms with Crippen LogP contribution in [0.3, 0.4) is 0 Å². The van der Waals surface area contributed by atoms with Gasteiger partial charge in [-0.25, -0.2) is 24.5 Å². The maximum absolute atomic E-state index is 12.6. The van der Waals surface area contributed by atoms with E-state index in [9.17, 15) is 4.79 Å². The van der Waals surface area contributed by atoms with Gasteiger partial charge in [-0.1, -0.05) is 6.08 Å². The second-order valence-corrected chi connectivity index (χ2v) is 12.5. The van der Waals surface area contributed by atoms with Crippen LogP contribution < -0.4 is 25.0 Å². The minimum atomic E-state index is -0.0737. The van der Waals surface area contributed by atoms with E-state index in [1.165, 1.54) is 19.1 Å². The fourth-order valence-corrected chi connectivity index (χ4v) is 6.36. The number of likely N-dealkylation sites (N-methyl/N-ethyl adjacent to an activating group) is 1. The molecule has 8 rings (SSSR count). The average molecular weight is 633 g/mol. The largest absolute Gasteiger partial charge is 0.486 e. The van der Waals surface area contributed by atoms with Gasteiger partial charge in [-0.3, -0.25) is 9.69 Å². The monoisotopic (exact) mass is 632 g/mol. The number of pyridine rings is 2. The number of likely N-dealkylation sites (tertiary alicyclic amines) is 1. The predicted octanol–water partition coefficient (Wildman–Crippen LogP) is 4.27. The molecule has 3 atom stereocenters. The number of hydrogen-bond acceptors (Lipinski definition) is 11. The minimum absolute atomic E-state index is 0.0737. The van der Waals surface area contributed by atoms with E-state index in [4.69, 9.17) is 14.5 Å². The molecule has 1 unspecified atom stereocenters. The summed E-state index contributed by atoms with van der Waals surface area (Å²) in [4.78, 5) is 35.4. The van der Waals surface area contributed by atoms with Crippen LogP contribution in [0.4, 0.5) is 17.3 Å². The number of anilines is 3. The van der Waals surface area contributed by atoms with Crippen LogP contribution in [0.5, 0.6) is 17.2 Å². The van der Waals surface area contributed by atoms with Crippen molar-refractivity contribution in [3.05, 3.63) is 73.0 Å². The molecule has 5 aromatic rings. The zero-order chi connectivity index (χ0) is 31.9. The van der Waals surface area contributed by atoms with E-state index in [-0.39, 0.29) is 12.0 Å². The number of rotatable bonds is 9. The molecule has 240 valence electrons. The number of fused-ring (bicyclic) bond motifs is 4. The number of nitrogens with one attached hydrogen (secondary N) is 2. The number of hydrogen-bond donors (Lipinski definition) is 2. The maximum Gasteiger partial charge on any atom is 0.243 e. The summed E-state index contributed by atoms with van der Waals surface area (Å²) < 4.78 is 14.2. The molecular formula is C34H36N10O3. The molecule has 0 radical (unpaired) electrons. The van der Waals surface area contributed by atoms with E-state index in [0.29, 0.717) is 59.0 Å². The molecule has 6 heterocycles. The molecule has 4 aromatic heterocycles. The second-order valence-electron chi connectivity index (χ2n) is 12.5. The molecule has 1 aliphatic carbocycles. The van der Waals surface area contributed by atoms with Gasteiger partial charge in [0.15, 0.2) is 23.0 Å². The quantitative estimate of drug-likeness (QED) is 0.226. The Morgan fingerprint density at radius 1 is 1.15 bits per heavy atom. The molecule has 13 nitrogen and oxygen atoms in total. The molecule has 2 fully saturated rings. The van der Waals surface area contributed by atoms with E-state index >= 15 is 0 Å². The van der Waals surface area contributed by atoms with Gasteiger partial charge in [0.05, 0.1) is 5.52 Å². The number of aromatic nitrogens is 6. The van der Waals surface area contributed by atoms with Gasteiger partial charge in [0.25, 0.3) is 0 Å². The van der Waals surface area contributed by atoms with E-state index in [2.05, 4.69) is 47.5 Å². The maximum atomic E-state index is 12.6. The first-order valence-corrected chi connectivity index (χ1v) is 16.1. The molecular weight excluding hydrogens is 596 g/mol. The molecule has 0 bridgehead atoms. The highest BCUT2D eigenvalue weighted by atomic mass is 16.5. The smallest absolute Gasteiger partial charge is 0.243 e. The molecule has 1 amide bonds. The Labute approximate surface area is 271 Å². The number of carbonyl (C=O) groups is 1. The third-order valence-electron chi connectivity index (χ3n) is 9.09. The van der Waals surface area contributed by atoms with E-state index in [0.717, 1.165) is 48.7 Å². The van der Waals surface area contributed by atoms with Crippen molar-refractivity contribution in [2.24, 2.45) is 5.92 Å². The van der Waals surface area contributed by atoms with Crippen molar-refractivity contribution < 1.29 is 14.3 Å². The zero-order valence-electron chi connectivity index (χ0n) is 26.3. The zero-order valence-corrected chi connectivity index (χ0v) is 26.3. The molecule has 0 spiro atoms. The topological polar surface area (TPSA) is 135 Å². The van der Waals surface area contributed by atoms with Crippen molar-refractivity contribution in [2.75, 3.05) is 43.4 Å². The lowest BCUT2D eigenvalue weighted by Gasteiger charge is -2.24. The highest BCUT2D eigenvalue weighted by Crippen LogP contribution is 2.44. The van der Waals surface area contributed by atoms with Crippen LogP contribution in [0.2, 0.25) is 0 Å². The summed E-state index contributed by atoms with van der Waals surface area (Å²) in [7, 11) is 2.10. The van der Waals surface area contributed by atoms with E-state index in [1.54, 1.807) is 10.6 Å². The van der Waals surface area contributed by atoms with Gasteiger partial charge in [-0.2, -0.15) is 5.10 Å². The van der Waals surface area contributed by atoms with Crippen LogP contribution in [0.1, 0.15) is 24.8 Å². The van der Waals surface area contributed by atoms with Gasteiger partial charge in [-0.15, -0.1) is 0 Å². The van der Waals surface area contributed by atoms with Crippen molar-refractivity contribution in [2.45, 2.75) is 38.3 Å². The molecule has 1 saturated carbocycles. The Balaban J connectivity index is 0.992. The Morgan fingerprint density at radius 2 is 2.09 bits per heavy atom. The standard InChI is InChI=1S/C34H36N10O3/c1-21-14-23(5-7-27(21)46-25-9-12-44-30(16-25)37-20-39-44)40-33-32-26(36-19-38-33)17-29-34(41-32)43(18-22-15-28(22)47-29)13-10-35-31(45)8-6-24-4-3-11-42(24)2/h5-9,12,14,16-17,19-20,22,24,28H,3-4,10-11,13,15,18H2,1-2H3,(H,35,45)(H,36,38,40)/b8-6+/t22-,24-,28?/m0/s1. The highest BCUT2D eigenvalue weighted by molar-refractivity contribution is 5.90. The fraction of sp³-hybridized carbons (Fsp3) is 0.353. The summed E-state index contributed by atoms with van der Waals surface area (Å²) in [6, 6.07) is 11.9. The van der Waals surface area contributed by atoms with E-state index in [1.807, 2.05) is 55.6 Å². The lowest BCUT2D eigenvalue weighted by atomic mass is 10.2. The van der Waals surface area contributed by atoms with E-state index < -0.39 is 0 Å². The predicted molar refractivity (Wildman–Crippen MR) is 177 cm³/mol. The first kappa shape index (κ1) is 29.1. The van der Waals surface area contributed by atoms with Crippen LogP contribution in [0.25, 0.3) is 16.7 Å². The van der Waals surface area contributed by atoms with Crippen molar-refractivity contribution in [3.8, 4) is 17.2 Å².